The second-order valence-electron chi connectivity index (χ2n) is 3.49. The lowest BCUT2D eigenvalue weighted by Gasteiger charge is -2.30. The van der Waals surface area contributed by atoms with Gasteiger partial charge in [-0.25, -0.2) is 4.79 Å². The van der Waals surface area contributed by atoms with Crippen LogP contribution >= 0.6 is 0 Å². The maximum Gasteiger partial charge on any atom is 0.331 e. The molecule has 0 aliphatic carbocycles. The minimum atomic E-state index is -0.753. The smallest absolute Gasteiger partial charge is 0.287 e. The van der Waals surface area contributed by atoms with Gasteiger partial charge in [-0.05, 0) is 12.1 Å². The molecule has 5 nitrogen and oxygen atoms in total. The number of hydrogen-bond donors (Lipinski definition) is 0. The number of urea groups is 1. The molecule has 3 amide bonds. The van der Waals surface area contributed by atoms with Gasteiger partial charge < -0.3 is 0 Å². The van der Waals surface area contributed by atoms with E-state index in [0.29, 0.717) is 5.69 Å². The Balaban J connectivity index is 2.33. The topological polar surface area (TPSA) is 57.7 Å². The van der Waals surface area contributed by atoms with Crippen LogP contribution in [0.5, 0.6) is 0 Å². The molecule has 1 saturated heterocycles. The quantitative estimate of drug-likeness (QED) is 0.650. The number of para-hydroxylation sites is 1. The van der Waals surface area contributed by atoms with Gasteiger partial charge in [-0.3, -0.25) is 19.4 Å². The van der Waals surface area contributed by atoms with Gasteiger partial charge in [0.1, 0.15) is 0 Å². The molecule has 0 spiro atoms. The van der Waals surface area contributed by atoms with Gasteiger partial charge in [-0.2, -0.15) is 0 Å². The van der Waals surface area contributed by atoms with Crippen molar-refractivity contribution in [2.75, 3.05) is 18.5 Å². The minimum Gasteiger partial charge on any atom is -0.287 e. The van der Waals surface area contributed by atoms with E-state index in [-0.39, 0.29) is 6.54 Å². The summed E-state index contributed by atoms with van der Waals surface area (Å²) < 4.78 is 0. The Morgan fingerprint density at radius 3 is 2.31 bits per heavy atom. The van der Waals surface area contributed by atoms with E-state index in [1.165, 1.54) is 11.9 Å². The van der Waals surface area contributed by atoms with Crippen LogP contribution in [0.4, 0.5) is 10.5 Å². The number of carbonyl (C=O) groups is 3. The van der Waals surface area contributed by atoms with E-state index in [4.69, 9.17) is 0 Å². The van der Waals surface area contributed by atoms with Gasteiger partial charge in [0, 0.05) is 12.7 Å². The largest absolute Gasteiger partial charge is 0.331 e. The highest BCUT2D eigenvalue weighted by atomic mass is 16.2. The molecule has 1 aromatic rings. The first-order valence-electron chi connectivity index (χ1n) is 4.78. The molecule has 82 valence electrons. The number of nitrogens with zero attached hydrogens (tertiary/aromatic N) is 2. The third kappa shape index (κ3) is 1.56. The molecule has 2 rings (SSSR count). The zero-order valence-electron chi connectivity index (χ0n) is 8.71. The predicted octanol–water partition coefficient (Wildman–Crippen LogP) is 0.654. The number of amides is 3. The molecule has 5 heteroatoms. The van der Waals surface area contributed by atoms with Crippen LogP contribution in [-0.4, -0.2) is 36.2 Å². The molecule has 0 aromatic heterocycles. The Kier molecular flexibility index (Phi) is 2.44. The second-order valence-corrected chi connectivity index (χ2v) is 3.49. The first-order valence-corrected chi connectivity index (χ1v) is 4.78. The van der Waals surface area contributed by atoms with E-state index in [2.05, 4.69) is 0 Å². The molecule has 1 heterocycles. The zero-order valence-corrected chi connectivity index (χ0v) is 8.71. The first kappa shape index (κ1) is 10.4. The molecule has 1 aliphatic heterocycles. The predicted molar refractivity (Wildman–Crippen MR) is 57.0 cm³/mol. The molecular weight excluding hydrogens is 208 g/mol. The van der Waals surface area contributed by atoms with Crippen molar-refractivity contribution in [2.24, 2.45) is 0 Å². The van der Waals surface area contributed by atoms with E-state index in [9.17, 15) is 14.4 Å². The highest BCUT2D eigenvalue weighted by Crippen LogP contribution is 2.17. The van der Waals surface area contributed by atoms with Gasteiger partial charge in [0.15, 0.2) is 0 Å². The van der Waals surface area contributed by atoms with E-state index < -0.39 is 17.7 Å². The molecular formula is C11H10N2O3. The molecule has 0 bridgehead atoms. The molecule has 16 heavy (non-hydrogen) atoms. The second kappa shape index (κ2) is 3.77. The van der Waals surface area contributed by atoms with Gasteiger partial charge in [0.25, 0.3) is 5.91 Å². The number of benzene rings is 1. The molecule has 0 N–H and O–H groups in total. The Hall–Kier alpha value is -2.17. The van der Waals surface area contributed by atoms with Gasteiger partial charge in [-0.15, -0.1) is 0 Å². The first-order chi connectivity index (χ1) is 7.61. The maximum absolute atomic E-state index is 11.8. The van der Waals surface area contributed by atoms with Crippen molar-refractivity contribution in [1.82, 2.24) is 4.90 Å². The molecule has 1 aromatic carbocycles. The fourth-order valence-electron chi connectivity index (χ4n) is 1.54. The standard InChI is InChI=1S/C11H10N2O3/c1-12-10(15)9(14)7-13(11(12)16)8-5-3-2-4-6-8/h2-6H,7H2,1H3. The summed E-state index contributed by atoms with van der Waals surface area (Å²) in [6.45, 7) is -0.188. The third-order valence-corrected chi connectivity index (χ3v) is 2.43. The summed E-state index contributed by atoms with van der Waals surface area (Å²) in [6, 6.07) is 8.31. The van der Waals surface area contributed by atoms with Crippen LogP contribution < -0.4 is 4.90 Å². The minimum absolute atomic E-state index is 0.188. The average Bonchev–Trinajstić information content (AvgIpc) is 2.32. The SMILES string of the molecule is CN1C(=O)C(=O)CN(c2ccccc2)C1=O. The lowest BCUT2D eigenvalue weighted by Crippen LogP contribution is -2.55. The zero-order chi connectivity index (χ0) is 11.7. The number of carbonyl (C=O) groups excluding carboxylic acids is 3. The molecule has 0 saturated carbocycles. The van der Waals surface area contributed by atoms with Crippen molar-refractivity contribution in [3.63, 3.8) is 0 Å². The van der Waals surface area contributed by atoms with Gasteiger partial charge in [0.2, 0.25) is 5.78 Å². The van der Waals surface area contributed by atoms with Crippen LogP contribution in [0.15, 0.2) is 30.3 Å². The normalized spacial score (nSPS) is 16.9. The number of ketones is 1. The molecule has 0 unspecified atom stereocenters. The van der Waals surface area contributed by atoms with E-state index in [1.807, 2.05) is 6.07 Å². The van der Waals surface area contributed by atoms with Crippen LogP contribution in [0.1, 0.15) is 0 Å². The highest BCUT2D eigenvalue weighted by Gasteiger charge is 2.36. The Labute approximate surface area is 92.3 Å². The van der Waals surface area contributed by atoms with Crippen molar-refractivity contribution in [3.05, 3.63) is 30.3 Å². The third-order valence-electron chi connectivity index (χ3n) is 2.43. The van der Waals surface area contributed by atoms with Gasteiger partial charge in [0.05, 0.1) is 6.54 Å². The highest BCUT2D eigenvalue weighted by molar-refractivity contribution is 6.43. The summed E-state index contributed by atoms with van der Waals surface area (Å²) in [5, 5.41) is 0. The van der Waals surface area contributed by atoms with Crippen LogP contribution in [0.2, 0.25) is 0 Å². The number of imide groups is 1. The summed E-state index contributed by atoms with van der Waals surface area (Å²) >= 11 is 0. The number of anilines is 1. The number of Topliss-reactive ketones (excluding diaryl/α,β-unsaturated/α-hetero) is 1. The fraction of sp³-hybridized carbons (Fsp3) is 0.182. The summed E-state index contributed by atoms with van der Waals surface area (Å²) in [7, 11) is 1.30. The molecule has 1 fully saturated rings. The van der Waals surface area contributed by atoms with Crippen molar-refractivity contribution in [3.8, 4) is 0 Å². The number of likely N-dealkylation sites (N-methyl/N-ethyl adjacent to an activating group) is 1. The lowest BCUT2D eigenvalue weighted by molar-refractivity contribution is -0.142. The van der Waals surface area contributed by atoms with E-state index >= 15 is 0 Å². The van der Waals surface area contributed by atoms with E-state index in [0.717, 1.165) is 4.90 Å². The lowest BCUT2D eigenvalue weighted by atomic mass is 10.2. The van der Waals surface area contributed by atoms with Crippen LogP contribution in [0.25, 0.3) is 0 Å². The Morgan fingerprint density at radius 2 is 1.69 bits per heavy atom. The fourth-order valence-corrected chi connectivity index (χ4v) is 1.54. The van der Waals surface area contributed by atoms with Gasteiger partial charge >= 0.3 is 6.03 Å². The van der Waals surface area contributed by atoms with Crippen molar-refractivity contribution in [1.29, 1.82) is 0 Å². The number of rotatable bonds is 1. The summed E-state index contributed by atoms with van der Waals surface area (Å²) in [5.41, 5.74) is 0.611. The van der Waals surface area contributed by atoms with Crippen molar-refractivity contribution in [2.45, 2.75) is 0 Å². The monoisotopic (exact) mass is 218 g/mol. The summed E-state index contributed by atoms with van der Waals surface area (Å²) in [6.07, 6.45) is 0. The van der Waals surface area contributed by atoms with Crippen LogP contribution in [-0.2, 0) is 9.59 Å². The Morgan fingerprint density at radius 1 is 1.06 bits per heavy atom. The summed E-state index contributed by atoms with van der Waals surface area (Å²) in [5.74, 6) is -1.33. The molecule has 1 aliphatic rings. The van der Waals surface area contributed by atoms with Crippen LogP contribution in [0, 0.1) is 0 Å². The Bertz CT molecular complexity index is 456. The van der Waals surface area contributed by atoms with Crippen molar-refractivity contribution >= 4 is 23.4 Å². The maximum atomic E-state index is 11.8. The summed E-state index contributed by atoms with van der Waals surface area (Å²) in [4.78, 5) is 36.5. The number of hydrogen-bond acceptors (Lipinski definition) is 3. The molecule has 0 radical (unpaired) electrons. The average molecular weight is 218 g/mol. The van der Waals surface area contributed by atoms with E-state index in [1.54, 1.807) is 24.3 Å². The van der Waals surface area contributed by atoms with Crippen LogP contribution in [0.3, 0.4) is 0 Å². The van der Waals surface area contributed by atoms with Crippen molar-refractivity contribution < 1.29 is 14.4 Å². The van der Waals surface area contributed by atoms with Gasteiger partial charge in [-0.1, -0.05) is 18.2 Å². The molecule has 0 atom stereocenters.